The molecule has 0 amide bonds. The van der Waals surface area contributed by atoms with Crippen molar-refractivity contribution in [2.75, 3.05) is 31.2 Å². The normalized spacial score (nSPS) is 21.7. The summed E-state index contributed by atoms with van der Waals surface area (Å²) in [5, 5.41) is 0. The van der Waals surface area contributed by atoms with E-state index in [4.69, 9.17) is 10.5 Å². The van der Waals surface area contributed by atoms with E-state index in [1.807, 2.05) is 0 Å². The smallest absolute Gasteiger partial charge is 0.144 e. The minimum Gasteiger partial charge on any atom is -0.399 e. The molecule has 0 aliphatic carbocycles. The molecule has 0 spiro atoms. The fraction of sp³-hybridized carbons (Fsp3) is 0.571. The zero-order chi connectivity index (χ0) is 15.6. The van der Waals surface area contributed by atoms with E-state index in [1.54, 1.807) is 0 Å². The number of hydrogen-bond donors (Lipinski definition) is 1. The highest BCUT2D eigenvalue weighted by Crippen LogP contribution is 2.22. The molecule has 2 N–H and O–H groups in total. The Morgan fingerprint density at radius 2 is 2.05 bits per heavy atom. The minimum atomic E-state index is -1.80. The number of nitrogens with two attached hydrogens (primary N) is 1. The van der Waals surface area contributed by atoms with Crippen LogP contribution in [0.5, 0.6) is 0 Å². The highest BCUT2D eigenvalue weighted by molar-refractivity contribution is 7.85. The number of morpholine rings is 1. The van der Waals surface area contributed by atoms with Crippen molar-refractivity contribution in [2.45, 2.75) is 30.9 Å². The lowest BCUT2D eigenvalue weighted by Crippen LogP contribution is -2.47. The van der Waals surface area contributed by atoms with Gasteiger partial charge in [0, 0.05) is 24.8 Å². The molecular weight excluding hydrogens is 298 g/mol. The van der Waals surface area contributed by atoms with Crippen LogP contribution in [-0.4, -0.2) is 46.7 Å². The lowest BCUT2D eigenvalue weighted by molar-refractivity contribution is -0.0269. The van der Waals surface area contributed by atoms with Crippen LogP contribution in [0.3, 0.4) is 0 Å². The Hall–Kier alpha value is -1.05. The van der Waals surface area contributed by atoms with Gasteiger partial charge in [-0.25, -0.2) is 8.78 Å². The van der Waals surface area contributed by atoms with Gasteiger partial charge in [-0.1, -0.05) is 0 Å². The predicted octanol–water partition coefficient (Wildman–Crippen LogP) is 1.76. The molecular formula is C14H20F2N2O2S. The maximum Gasteiger partial charge on any atom is 0.144 e. The van der Waals surface area contributed by atoms with Crippen molar-refractivity contribution in [3.8, 4) is 0 Å². The summed E-state index contributed by atoms with van der Waals surface area (Å²) >= 11 is 0. The summed E-state index contributed by atoms with van der Waals surface area (Å²) in [4.78, 5) is 1.77. The molecule has 2 unspecified atom stereocenters. The Morgan fingerprint density at radius 1 is 1.43 bits per heavy atom. The third-order valence-corrected chi connectivity index (χ3v) is 5.01. The van der Waals surface area contributed by atoms with Crippen molar-refractivity contribution in [1.29, 1.82) is 0 Å². The molecule has 2 rings (SSSR count). The van der Waals surface area contributed by atoms with Gasteiger partial charge in [0.2, 0.25) is 0 Å². The summed E-state index contributed by atoms with van der Waals surface area (Å²) in [5.74, 6) is -1.68. The Bertz CT molecular complexity index is 517. The molecule has 1 aliphatic rings. The molecule has 1 aromatic carbocycles. The van der Waals surface area contributed by atoms with Crippen LogP contribution in [-0.2, 0) is 15.5 Å². The summed E-state index contributed by atoms with van der Waals surface area (Å²) in [6, 6.07) is 2.33. The Balaban J connectivity index is 2.08. The third kappa shape index (κ3) is 3.99. The molecule has 0 radical (unpaired) electrons. The SMILES string of the molecule is CC(C)N1CCOC(CS(=O)c2c(F)cc(N)cc2F)C1. The largest absolute Gasteiger partial charge is 0.399 e. The van der Waals surface area contributed by atoms with E-state index in [2.05, 4.69) is 18.7 Å². The van der Waals surface area contributed by atoms with Crippen LogP contribution in [0.4, 0.5) is 14.5 Å². The van der Waals surface area contributed by atoms with Crippen molar-refractivity contribution in [1.82, 2.24) is 4.90 Å². The topological polar surface area (TPSA) is 55.6 Å². The maximum atomic E-state index is 13.8. The number of nitrogens with zero attached hydrogens (tertiary/aromatic N) is 1. The number of nitrogen functional groups attached to an aromatic ring is 1. The molecule has 0 aromatic heterocycles. The van der Waals surface area contributed by atoms with E-state index >= 15 is 0 Å². The van der Waals surface area contributed by atoms with Crippen LogP contribution in [0.2, 0.25) is 0 Å². The first kappa shape index (κ1) is 16.3. The molecule has 0 bridgehead atoms. The number of rotatable bonds is 4. The van der Waals surface area contributed by atoms with Gasteiger partial charge in [0.15, 0.2) is 0 Å². The standard InChI is InChI=1S/C14H20F2N2O2S/c1-9(2)18-3-4-20-11(7-18)8-21(19)14-12(15)5-10(17)6-13(14)16/h5-6,9,11H,3-4,7-8,17H2,1-2H3. The second kappa shape index (κ2) is 6.81. The summed E-state index contributed by atoms with van der Waals surface area (Å²) in [5.41, 5.74) is 5.33. The van der Waals surface area contributed by atoms with Crippen LogP contribution in [0.15, 0.2) is 17.0 Å². The molecule has 2 atom stereocenters. The van der Waals surface area contributed by atoms with Crippen molar-refractivity contribution in [3.05, 3.63) is 23.8 Å². The summed E-state index contributed by atoms with van der Waals surface area (Å²) in [7, 11) is -1.80. The first-order valence-corrected chi connectivity index (χ1v) is 8.19. The van der Waals surface area contributed by atoms with Crippen molar-refractivity contribution in [3.63, 3.8) is 0 Å². The van der Waals surface area contributed by atoms with Gasteiger partial charge in [-0.2, -0.15) is 0 Å². The van der Waals surface area contributed by atoms with Gasteiger partial charge in [-0.05, 0) is 26.0 Å². The fourth-order valence-electron chi connectivity index (χ4n) is 2.36. The van der Waals surface area contributed by atoms with Gasteiger partial charge in [0.25, 0.3) is 0 Å². The maximum absolute atomic E-state index is 13.8. The molecule has 1 aromatic rings. The van der Waals surface area contributed by atoms with E-state index in [0.29, 0.717) is 19.2 Å². The van der Waals surface area contributed by atoms with Gasteiger partial charge in [-0.15, -0.1) is 0 Å². The third-order valence-electron chi connectivity index (χ3n) is 3.49. The molecule has 21 heavy (non-hydrogen) atoms. The molecule has 1 aliphatic heterocycles. The molecule has 1 fully saturated rings. The van der Waals surface area contributed by atoms with Crippen molar-refractivity contribution >= 4 is 16.5 Å². The lowest BCUT2D eigenvalue weighted by atomic mass is 10.2. The number of halogens is 2. The second-order valence-corrected chi connectivity index (χ2v) is 6.84. The summed E-state index contributed by atoms with van der Waals surface area (Å²) in [6.45, 7) is 6.09. The van der Waals surface area contributed by atoms with Gasteiger partial charge in [0.05, 0.1) is 29.3 Å². The van der Waals surface area contributed by atoms with Crippen LogP contribution in [0.1, 0.15) is 13.8 Å². The highest BCUT2D eigenvalue weighted by Gasteiger charge is 2.26. The van der Waals surface area contributed by atoms with Crippen molar-refractivity contribution in [2.24, 2.45) is 0 Å². The van der Waals surface area contributed by atoms with E-state index in [-0.39, 0.29) is 17.5 Å². The number of anilines is 1. The van der Waals surface area contributed by atoms with Crippen molar-refractivity contribution < 1.29 is 17.7 Å². The molecule has 4 nitrogen and oxygen atoms in total. The second-order valence-electron chi connectivity index (χ2n) is 5.41. The molecule has 118 valence electrons. The van der Waals surface area contributed by atoms with Crippen LogP contribution >= 0.6 is 0 Å². The monoisotopic (exact) mass is 318 g/mol. The quantitative estimate of drug-likeness (QED) is 0.860. The zero-order valence-electron chi connectivity index (χ0n) is 12.1. The molecule has 1 saturated heterocycles. The van der Waals surface area contributed by atoms with E-state index < -0.39 is 27.3 Å². The van der Waals surface area contributed by atoms with Crippen LogP contribution in [0.25, 0.3) is 0 Å². The average molecular weight is 318 g/mol. The minimum absolute atomic E-state index is 0.0225. The summed E-state index contributed by atoms with van der Waals surface area (Å²) in [6.07, 6.45) is -0.293. The van der Waals surface area contributed by atoms with Crippen LogP contribution in [0, 0.1) is 11.6 Å². The van der Waals surface area contributed by atoms with Crippen LogP contribution < -0.4 is 5.73 Å². The van der Waals surface area contributed by atoms with Gasteiger partial charge in [-0.3, -0.25) is 9.11 Å². The lowest BCUT2D eigenvalue weighted by Gasteiger charge is -2.35. The van der Waals surface area contributed by atoms with Gasteiger partial charge < -0.3 is 10.5 Å². The Kier molecular flexibility index (Phi) is 5.29. The van der Waals surface area contributed by atoms with Gasteiger partial charge in [0.1, 0.15) is 16.5 Å². The molecule has 7 heteroatoms. The van der Waals surface area contributed by atoms with E-state index in [9.17, 15) is 13.0 Å². The van der Waals surface area contributed by atoms with E-state index in [1.165, 1.54) is 0 Å². The zero-order valence-corrected chi connectivity index (χ0v) is 13.0. The molecule has 0 saturated carbocycles. The Labute approximate surface area is 125 Å². The summed E-state index contributed by atoms with van der Waals surface area (Å²) < 4.78 is 45.3. The first-order valence-electron chi connectivity index (χ1n) is 6.87. The number of benzene rings is 1. The number of ether oxygens (including phenoxy) is 1. The Morgan fingerprint density at radius 3 is 2.62 bits per heavy atom. The van der Waals surface area contributed by atoms with E-state index in [0.717, 1.165) is 18.7 Å². The van der Waals surface area contributed by atoms with Gasteiger partial charge >= 0.3 is 0 Å². The predicted molar refractivity (Wildman–Crippen MR) is 78.5 cm³/mol. The average Bonchev–Trinajstić information content (AvgIpc) is 2.37. The first-order chi connectivity index (χ1) is 9.88. The number of hydrogen-bond acceptors (Lipinski definition) is 4. The molecule has 1 heterocycles. The fourth-order valence-corrected chi connectivity index (χ4v) is 3.62. The highest BCUT2D eigenvalue weighted by atomic mass is 32.2.